The Balaban J connectivity index is 2.24. The molecule has 0 radical (unpaired) electrons. The number of ether oxygens (including phenoxy) is 1. The van der Waals surface area contributed by atoms with E-state index in [2.05, 4.69) is 6.07 Å². The molecule has 0 unspecified atom stereocenters. The molecule has 90 valence electrons. The molecule has 2 nitrogen and oxygen atoms in total. The molecular weight excluding hydrogens is 241 g/mol. The average molecular weight is 254 g/mol. The maximum absolute atomic E-state index is 13.3. The van der Waals surface area contributed by atoms with Crippen LogP contribution in [-0.4, -0.2) is 13.2 Å². The van der Waals surface area contributed by atoms with E-state index in [9.17, 15) is 9.65 Å². The van der Waals surface area contributed by atoms with Crippen molar-refractivity contribution in [3.63, 3.8) is 0 Å². The topological polar surface area (TPSA) is 33.0 Å². The number of nitriles is 1. The molecule has 1 aliphatic rings. The summed E-state index contributed by atoms with van der Waals surface area (Å²) >= 11 is 5.92. The molecule has 2 rings (SSSR count). The Morgan fingerprint density at radius 3 is 2.76 bits per heavy atom. The molecule has 0 N–H and O–H groups in total. The Labute approximate surface area is 105 Å². The lowest BCUT2D eigenvalue weighted by atomic mass is 9.76. The number of rotatable bonds is 2. The van der Waals surface area contributed by atoms with Crippen molar-refractivity contribution in [1.29, 1.82) is 5.26 Å². The van der Waals surface area contributed by atoms with Crippen LogP contribution >= 0.6 is 11.6 Å². The van der Waals surface area contributed by atoms with Crippen LogP contribution in [0.15, 0.2) is 18.2 Å². The van der Waals surface area contributed by atoms with Gasteiger partial charge in [0, 0.05) is 13.2 Å². The van der Waals surface area contributed by atoms with Gasteiger partial charge in [0.25, 0.3) is 0 Å². The lowest BCUT2D eigenvalue weighted by Gasteiger charge is -2.30. The van der Waals surface area contributed by atoms with Crippen molar-refractivity contribution >= 4 is 11.6 Å². The van der Waals surface area contributed by atoms with Gasteiger partial charge in [0.2, 0.25) is 0 Å². The maximum atomic E-state index is 13.3. The van der Waals surface area contributed by atoms with Gasteiger partial charge in [-0.2, -0.15) is 5.26 Å². The van der Waals surface area contributed by atoms with Crippen LogP contribution in [-0.2, 0) is 11.2 Å². The summed E-state index contributed by atoms with van der Waals surface area (Å²) in [6.45, 7) is 1.17. The Morgan fingerprint density at radius 2 is 2.12 bits per heavy atom. The fraction of sp³-hybridized carbons (Fsp3) is 0.462. The van der Waals surface area contributed by atoms with Crippen LogP contribution in [0.1, 0.15) is 18.4 Å². The van der Waals surface area contributed by atoms with Gasteiger partial charge < -0.3 is 4.74 Å². The predicted octanol–water partition coefficient (Wildman–Crippen LogP) is 3.34. The van der Waals surface area contributed by atoms with Gasteiger partial charge in [-0.05, 0) is 30.9 Å². The molecule has 4 heteroatoms. The van der Waals surface area contributed by atoms with Gasteiger partial charge in [0.1, 0.15) is 5.82 Å². The van der Waals surface area contributed by atoms with E-state index in [0.717, 1.165) is 0 Å². The van der Waals surface area contributed by atoms with Crippen molar-refractivity contribution < 1.29 is 9.13 Å². The van der Waals surface area contributed by atoms with Crippen molar-refractivity contribution in [3.8, 4) is 6.07 Å². The Kier molecular flexibility index (Phi) is 3.66. The van der Waals surface area contributed by atoms with Crippen LogP contribution < -0.4 is 0 Å². The highest BCUT2D eigenvalue weighted by Gasteiger charge is 2.33. The van der Waals surface area contributed by atoms with Gasteiger partial charge in [0.05, 0.1) is 16.5 Å². The van der Waals surface area contributed by atoms with Gasteiger partial charge >= 0.3 is 0 Å². The first-order chi connectivity index (χ1) is 8.17. The highest BCUT2D eigenvalue weighted by molar-refractivity contribution is 6.31. The lowest BCUT2D eigenvalue weighted by Crippen LogP contribution is -2.30. The summed E-state index contributed by atoms with van der Waals surface area (Å²) in [6.07, 6.45) is 1.84. The summed E-state index contributed by atoms with van der Waals surface area (Å²) in [5.41, 5.74) is 0.241. The van der Waals surface area contributed by atoms with E-state index in [1.807, 2.05) is 0 Å². The molecule has 0 amide bonds. The third-order valence-corrected chi connectivity index (χ3v) is 3.67. The molecule has 0 aromatic heterocycles. The Bertz CT molecular complexity index is 449. The summed E-state index contributed by atoms with van der Waals surface area (Å²) in [6, 6.07) is 7.08. The van der Waals surface area contributed by atoms with Crippen molar-refractivity contribution in [2.75, 3.05) is 13.2 Å². The molecule has 0 saturated carbocycles. The predicted molar refractivity (Wildman–Crippen MR) is 63.2 cm³/mol. The second kappa shape index (κ2) is 5.03. The molecule has 1 aliphatic heterocycles. The van der Waals surface area contributed by atoms with Gasteiger partial charge in [-0.3, -0.25) is 0 Å². The lowest BCUT2D eigenvalue weighted by molar-refractivity contribution is 0.0406. The third kappa shape index (κ3) is 2.59. The smallest absolute Gasteiger partial charge is 0.142 e. The molecule has 1 fully saturated rings. The highest BCUT2D eigenvalue weighted by Crippen LogP contribution is 2.35. The van der Waals surface area contributed by atoms with E-state index in [0.29, 0.717) is 38.0 Å². The van der Waals surface area contributed by atoms with Gasteiger partial charge in [0.15, 0.2) is 0 Å². The number of halogens is 2. The minimum Gasteiger partial charge on any atom is -0.381 e. The summed E-state index contributed by atoms with van der Waals surface area (Å²) in [5.74, 6) is -0.427. The molecule has 0 atom stereocenters. The minimum atomic E-state index is -0.463. The van der Waals surface area contributed by atoms with E-state index < -0.39 is 11.2 Å². The van der Waals surface area contributed by atoms with Gasteiger partial charge in [-0.1, -0.05) is 23.7 Å². The van der Waals surface area contributed by atoms with Crippen LogP contribution in [0, 0.1) is 22.6 Å². The summed E-state index contributed by atoms with van der Waals surface area (Å²) < 4.78 is 18.6. The normalized spacial score (nSPS) is 18.6. The van der Waals surface area contributed by atoms with Crippen LogP contribution in [0.4, 0.5) is 4.39 Å². The van der Waals surface area contributed by atoms with E-state index in [4.69, 9.17) is 16.3 Å². The van der Waals surface area contributed by atoms with Crippen molar-refractivity contribution in [2.45, 2.75) is 19.3 Å². The molecule has 1 saturated heterocycles. The Hall–Kier alpha value is -1.11. The number of benzene rings is 1. The Morgan fingerprint density at radius 1 is 1.41 bits per heavy atom. The highest BCUT2D eigenvalue weighted by atomic mass is 35.5. The van der Waals surface area contributed by atoms with Gasteiger partial charge in [-0.25, -0.2) is 4.39 Å². The first-order valence-corrected chi connectivity index (χ1v) is 5.97. The average Bonchev–Trinajstić information content (AvgIpc) is 2.36. The van der Waals surface area contributed by atoms with Crippen LogP contribution in [0.2, 0.25) is 5.02 Å². The van der Waals surface area contributed by atoms with Crippen LogP contribution in [0.5, 0.6) is 0 Å². The van der Waals surface area contributed by atoms with Crippen molar-refractivity contribution in [2.24, 2.45) is 5.41 Å². The van der Waals surface area contributed by atoms with Crippen LogP contribution in [0.3, 0.4) is 0 Å². The van der Waals surface area contributed by atoms with Crippen molar-refractivity contribution in [3.05, 3.63) is 34.6 Å². The SMILES string of the molecule is N#CC1(Cc2cccc(F)c2Cl)CCOCC1. The molecule has 0 spiro atoms. The minimum absolute atomic E-state index is 0.133. The molecular formula is C13H13ClFNO. The molecule has 1 aromatic rings. The fourth-order valence-electron chi connectivity index (χ4n) is 2.14. The standard InChI is InChI=1S/C13H13ClFNO/c14-12-10(2-1-3-11(12)15)8-13(9-16)4-6-17-7-5-13/h1-3H,4-8H2. The zero-order valence-electron chi connectivity index (χ0n) is 9.38. The second-order valence-electron chi connectivity index (χ2n) is 4.39. The van der Waals surface area contributed by atoms with E-state index in [1.165, 1.54) is 6.07 Å². The second-order valence-corrected chi connectivity index (χ2v) is 4.77. The summed E-state index contributed by atoms with van der Waals surface area (Å²) in [7, 11) is 0. The zero-order chi connectivity index (χ0) is 12.3. The quantitative estimate of drug-likeness (QED) is 0.810. The monoisotopic (exact) mass is 253 g/mol. The fourth-order valence-corrected chi connectivity index (χ4v) is 2.33. The molecule has 0 aliphatic carbocycles. The molecule has 17 heavy (non-hydrogen) atoms. The number of nitrogens with zero attached hydrogens (tertiary/aromatic N) is 1. The molecule has 1 aromatic carbocycles. The summed E-state index contributed by atoms with van der Waals surface area (Å²) in [5, 5.41) is 9.45. The van der Waals surface area contributed by atoms with E-state index in [-0.39, 0.29) is 5.02 Å². The van der Waals surface area contributed by atoms with E-state index in [1.54, 1.807) is 12.1 Å². The maximum Gasteiger partial charge on any atom is 0.142 e. The van der Waals surface area contributed by atoms with Gasteiger partial charge in [-0.15, -0.1) is 0 Å². The third-order valence-electron chi connectivity index (χ3n) is 3.25. The largest absolute Gasteiger partial charge is 0.381 e. The molecule has 0 bridgehead atoms. The molecule has 1 heterocycles. The number of hydrogen-bond donors (Lipinski definition) is 0. The first-order valence-electron chi connectivity index (χ1n) is 5.59. The summed E-state index contributed by atoms with van der Waals surface area (Å²) in [4.78, 5) is 0. The van der Waals surface area contributed by atoms with Crippen molar-refractivity contribution in [1.82, 2.24) is 0 Å². The zero-order valence-corrected chi connectivity index (χ0v) is 10.1. The first kappa shape index (κ1) is 12.3. The van der Waals surface area contributed by atoms with E-state index >= 15 is 0 Å². The number of hydrogen-bond acceptors (Lipinski definition) is 2. The van der Waals surface area contributed by atoms with Crippen LogP contribution in [0.25, 0.3) is 0 Å².